The van der Waals surface area contributed by atoms with E-state index in [9.17, 15) is 14.7 Å². The van der Waals surface area contributed by atoms with Crippen molar-refractivity contribution >= 4 is 66.8 Å². The van der Waals surface area contributed by atoms with Gasteiger partial charge in [0.2, 0.25) is 0 Å². The maximum Gasteiger partial charge on any atom is 0.330 e. The van der Waals surface area contributed by atoms with Gasteiger partial charge in [0.1, 0.15) is 5.54 Å². The Labute approximate surface area is 129 Å². The number of thiophene rings is 1. The molecule has 0 aromatic carbocycles. The van der Waals surface area contributed by atoms with E-state index in [0.717, 1.165) is 14.0 Å². The van der Waals surface area contributed by atoms with Gasteiger partial charge in [-0.1, -0.05) is 0 Å². The van der Waals surface area contributed by atoms with Crippen LogP contribution in [0.2, 0.25) is 0 Å². The highest BCUT2D eigenvalue weighted by Crippen LogP contribution is 2.33. The standard InChI is InChI=1S/C10H9Br2NO3S2/c11-5-3-6(18-7(5)12)8(14)13-10(9(15)16)1-2-17-4-10/h3H,1-2,4H2,(H,13,14)(H,15,16). The van der Waals surface area contributed by atoms with Gasteiger partial charge < -0.3 is 10.4 Å². The van der Waals surface area contributed by atoms with Crippen molar-refractivity contribution < 1.29 is 14.7 Å². The fraction of sp³-hybridized carbons (Fsp3) is 0.400. The van der Waals surface area contributed by atoms with Crippen molar-refractivity contribution in [3.63, 3.8) is 0 Å². The van der Waals surface area contributed by atoms with Gasteiger partial charge in [0.25, 0.3) is 5.91 Å². The van der Waals surface area contributed by atoms with Gasteiger partial charge in [-0.25, -0.2) is 4.79 Å². The van der Waals surface area contributed by atoms with Gasteiger partial charge in [0, 0.05) is 10.2 Å². The highest BCUT2D eigenvalue weighted by Gasteiger charge is 2.43. The number of thioether (sulfide) groups is 1. The number of nitrogens with one attached hydrogen (secondary N) is 1. The average Bonchev–Trinajstić information content (AvgIpc) is 2.88. The molecule has 0 spiro atoms. The summed E-state index contributed by atoms with van der Waals surface area (Å²) in [7, 11) is 0. The Hall–Kier alpha value is -0.0500. The molecule has 0 aliphatic carbocycles. The molecule has 2 rings (SSSR count). The number of amides is 1. The van der Waals surface area contributed by atoms with Crippen molar-refractivity contribution in [2.75, 3.05) is 11.5 Å². The minimum Gasteiger partial charge on any atom is -0.479 e. The first kappa shape index (κ1) is 14.4. The third-order valence-corrected chi connectivity index (χ3v) is 7.10. The largest absolute Gasteiger partial charge is 0.479 e. The van der Waals surface area contributed by atoms with Crippen molar-refractivity contribution in [1.82, 2.24) is 5.32 Å². The molecular formula is C10H9Br2NO3S2. The Morgan fingerprint density at radius 1 is 1.44 bits per heavy atom. The average molecular weight is 415 g/mol. The van der Waals surface area contributed by atoms with Gasteiger partial charge in [-0.2, -0.15) is 11.8 Å². The van der Waals surface area contributed by atoms with Gasteiger partial charge in [-0.3, -0.25) is 4.79 Å². The lowest BCUT2D eigenvalue weighted by Crippen LogP contribution is -2.54. The van der Waals surface area contributed by atoms with Crippen LogP contribution in [0, 0.1) is 0 Å². The van der Waals surface area contributed by atoms with E-state index in [2.05, 4.69) is 37.2 Å². The van der Waals surface area contributed by atoms with E-state index in [4.69, 9.17) is 0 Å². The molecule has 1 aliphatic rings. The molecule has 1 aromatic rings. The Morgan fingerprint density at radius 3 is 2.61 bits per heavy atom. The number of hydrogen-bond acceptors (Lipinski definition) is 4. The second kappa shape index (κ2) is 5.52. The minimum absolute atomic E-state index is 0.337. The van der Waals surface area contributed by atoms with E-state index >= 15 is 0 Å². The fourth-order valence-corrected chi connectivity index (χ4v) is 4.88. The smallest absolute Gasteiger partial charge is 0.330 e. The summed E-state index contributed by atoms with van der Waals surface area (Å²) < 4.78 is 1.61. The second-order valence-corrected chi connectivity index (χ2v) is 8.21. The summed E-state index contributed by atoms with van der Waals surface area (Å²) in [6, 6.07) is 1.68. The minimum atomic E-state index is -1.12. The Balaban J connectivity index is 2.17. The number of carboxylic acids is 1. The molecule has 2 N–H and O–H groups in total. The molecule has 0 bridgehead atoms. The van der Waals surface area contributed by atoms with Gasteiger partial charge in [0.05, 0.1) is 8.66 Å². The van der Waals surface area contributed by atoms with E-state index in [1.807, 2.05) is 0 Å². The number of carbonyl (C=O) groups is 2. The molecule has 2 heterocycles. The molecule has 18 heavy (non-hydrogen) atoms. The topological polar surface area (TPSA) is 66.4 Å². The van der Waals surface area contributed by atoms with E-state index in [1.165, 1.54) is 11.3 Å². The maximum atomic E-state index is 12.1. The van der Waals surface area contributed by atoms with Gasteiger partial charge >= 0.3 is 5.97 Å². The molecule has 1 atom stereocenters. The highest BCUT2D eigenvalue weighted by atomic mass is 79.9. The van der Waals surface area contributed by atoms with Crippen molar-refractivity contribution in [1.29, 1.82) is 0 Å². The molecule has 0 radical (unpaired) electrons. The summed E-state index contributed by atoms with van der Waals surface area (Å²) in [5.41, 5.74) is -1.12. The lowest BCUT2D eigenvalue weighted by atomic mass is 9.99. The Bertz CT molecular complexity index is 478. The number of rotatable bonds is 3. The lowest BCUT2D eigenvalue weighted by Gasteiger charge is -2.24. The predicted molar refractivity (Wildman–Crippen MR) is 79.5 cm³/mol. The quantitative estimate of drug-likeness (QED) is 0.797. The van der Waals surface area contributed by atoms with Crippen LogP contribution in [0.3, 0.4) is 0 Å². The summed E-state index contributed by atoms with van der Waals surface area (Å²) in [5.74, 6) is -0.126. The summed E-state index contributed by atoms with van der Waals surface area (Å²) >= 11 is 9.43. The van der Waals surface area contributed by atoms with Gasteiger partial charge in [-0.15, -0.1) is 11.3 Å². The predicted octanol–water partition coefficient (Wildman–Crippen LogP) is 2.96. The van der Waals surface area contributed by atoms with Crippen LogP contribution in [0.4, 0.5) is 0 Å². The molecule has 8 heteroatoms. The summed E-state index contributed by atoms with van der Waals surface area (Å²) in [4.78, 5) is 23.9. The molecule has 0 saturated carbocycles. The first-order chi connectivity index (χ1) is 8.44. The SMILES string of the molecule is O=C(NC1(C(=O)O)CCSC1)c1cc(Br)c(Br)s1. The zero-order valence-corrected chi connectivity index (χ0v) is 13.8. The summed E-state index contributed by atoms with van der Waals surface area (Å²) in [6.45, 7) is 0. The highest BCUT2D eigenvalue weighted by molar-refractivity contribution is 9.13. The van der Waals surface area contributed by atoms with Gasteiger partial charge in [0.15, 0.2) is 0 Å². The number of carbonyl (C=O) groups excluding carboxylic acids is 1. The molecule has 1 fully saturated rings. The first-order valence-electron chi connectivity index (χ1n) is 5.03. The molecule has 1 unspecified atom stereocenters. The molecular weight excluding hydrogens is 406 g/mol. The fourth-order valence-electron chi connectivity index (χ4n) is 1.62. The molecule has 1 amide bonds. The summed E-state index contributed by atoms with van der Waals surface area (Å²) in [6.07, 6.45) is 0.465. The van der Waals surface area contributed by atoms with E-state index in [-0.39, 0.29) is 5.91 Å². The van der Waals surface area contributed by atoms with E-state index in [1.54, 1.807) is 17.8 Å². The third kappa shape index (κ3) is 2.76. The number of carboxylic acid groups (broad SMARTS) is 1. The Morgan fingerprint density at radius 2 is 2.17 bits per heavy atom. The van der Waals surface area contributed by atoms with Crippen LogP contribution >= 0.6 is 55.0 Å². The second-order valence-electron chi connectivity index (χ2n) is 3.88. The van der Waals surface area contributed by atoms with Crippen LogP contribution in [0.25, 0.3) is 0 Å². The zero-order chi connectivity index (χ0) is 13.3. The number of hydrogen-bond donors (Lipinski definition) is 2. The van der Waals surface area contributed by atoms with Crippen LogP contribution in [-0.2, 0) is 4.79 Å². The first-order valence-corrected chi connectivity index (χ1v) is 8.59. The molecule has 1 aliphatic heterocycles. The Kier molecular flexibility index (Phi) is 4.40. The van der Waals surface area contributed by atoms with Crippen molar-refractivity contribution in [2.45, 2.75) is 12.0 Å². The van der Waals surface area contributed by atoms with Crippen LogP contribution in [0.15, 0.2) is 14.3 Å². The van der Waals surface area contributed by atoms with Crippen molar-refractivity contribution in [3.8, 4) is 0 Å². The molecule has 1 aromatic heterocycles. The zero-order valence-electron chi connectivity index (χ0n) is 9.03. The molecule has 4 nitrogen and oxygen atoms in total. The van der Waals surface area contributed by atoms with Gasteiger partial charge in [-0.05, 0) is 50.1 Å². The monoisotopic (exact) mass is 413 g/mol. The van der Waals surface area contributed by atoms with Crippen LogP contribution in [-0.4, -0.2) is 34.0 Å². The van der Waals surface area contributed by atoms with E-state index in [0.29, 0.717) is 17.1 Å². The van der Waals surface area contributed by atoms with Crippen LogP contribution in [0.1, 0.15) is 16.1 Å². The number of halogens is 2. The van der Waals surface area contributed by atoms with Crippen molar-refractivity contribution in [3.05, 3.63) is 19.2 Å². The van der Waals surface area contributed by atoms with Crippen molar-refractivity contribution in [2.24, 2.45) is 0 Å². The maximum absolute atomic E-state index is 12.1. The lowest BCUT2D eigenvalue weighted by molar-refractivity contribution is -0.143. The third-order valence-electron chi connectivity index (χ3n) is 2.65. The normalized spacial score (nSPS) is 23.0. The molecule has 98 valence electrons. The van der Waals surface area contributed by atoms with E-state index < -0.39 is 11.5 Å². The van der Waals surface area contributed by atoms with Crippen LogP contribution < -0.4 is 5.32 Å². The van der Waals surface area contributed by atoms with Crippen LogP contribution in [0.5, 0.6) is 0 Å². The molecule has 1 saturated heterocycles. The summed E-state index contributed by atoms with van der Waals surface area (Å²) in [5, 5.41) is 11.9. The number of aliphatic carboxylic acids is 1.